The zero-order valence-corrected chi connectivity index (χ0v) is 23.0. The standard InChI is InChI=1S/C27H31ClF3N7O3/c28-20-2-3-21-19(1-4-23(36-21)32-5-6-37-7-11-40-12-8-37)24(20)25(39)33-17-22(38-9-13-41-14-10-38)18-15-34-26(35-16-18)27(29,30)31/h1-4,15-16,22H,5-14,17H2,(H,32,36)(H,33,39). The van der Waals surface area contributed by atoms with E-state index >= 15 is 0 Å². The molecule has 2 aromatic heterocycles. The summed E-state index contributed by atoms with van der Waals surface area (Å²) >= 11 is 6.48. The molecule has 3 aromatic rings. The molecule has 0 saturated carbocycles. The van der Waals surface area contributed by atoms with Gasteiger partial charge in [0.2, 0.25) is 5.82 Å². The third-order valence-electron chi connectivity index (χ3n) is 7.14. The number of hydrogen-bond donors (Lipinski definition) is 2. The molecule has 4 heterocycles. The number of morpholine rings is 2. The van der Waals surface area contributed by atoms with E-state index in [0.717, 1.165) is 51.8 Å². The number of hydrogen-bond acceptors (Lipinski definition) is 9. The van der Waals surface area contributed by atoms with Gasteiger partial charge in [-0.25, -0.2) is 15.0 Å². The van der Waals surface area contributed by atoms with Crippen molar-refractivity contribution >= 4 is 34.2 Å². The molecule has 0 bridgehead atoms. The maximum absolute atomic E-state index is 13.4. The number of pyridine rings is 1. The molecule has 1 atom stereocenters. The summed E-state index contributed by atoms with van der Waals surface area (Å²) in [5.41, 5.74) is 1.34. The number of nitrogens with zero attached hydrogens (tertiary/aromatic N) is 5. The summed E-state index contributed by atoms with van der Waals surface area (Å²) in [4.78, 5) is 29.5. The van der Waals surface area contributed by atoms with Crippen LogP contribution < -0.4 is 10.6 Å². The first kappa shape index (κ1) is 29.4. The van der Waals surface area contributed by atoms with Gasteiger partial charge in [0.05, 0.1) is 48.6 Å². The van der Waals surface area contributed by atoms with Crippen LogP contribution in [-0.2, 0) is 15.7 Å². The predicted molar refractivity (Wildman–Crippen MR) is 147 cm³/mol. The van der Waals surface area contributed by atoms with Crippen molar-refractivity contribution in [3.8, 4) is 0 Å². The number of halogens is 4. The first-order valence-corrected chi connectivity index (χ1v) is 13.8. The summed E-state index contributed by atoms with van der Waals surface area (Å²) in [6.07, 6.45) is -2.33. The highest BCUT2D eigenvalue weighted by molar-refractivity contribution is 6.35. The molecular formula is C27H31ClF3N7O3. The van der Waals surface area contributed by atoms with E-state index in [-0.39, 0.29) is 17.1 Å². The van der Waals surface area contributed by atoms with Crippen molar-refractivity contribution in [2.75, 3.05) is 77.6 Å². The number of anilines is 1. The fraction of sp³-hybridized carbons (Fsp3) is 0.481. The van der Waals surface area contributed by atoms with E-state index in [1.54, 1.807) is 12.1 Å². The molecule has 2 aliphatic rings. The van der Waals surface area contributed by atoms with E-state index < -0.39 is 23.9 Å². The number of amides is 1. The fourth-order valence-corrected chi connectivity index (χ4v) is 5.21. The molecule has 2 saturated heterocycles. The smallest absolute Gasteiger partial charge is 0.379 e. The third-order valence-corrected chi connectivity index (χ3v) is 7.45. The van der Waals surface area contributed by atoms with Gasteiger partial charge in [-0.3, -0.25) is 14.6 Å². The highest BCUT2D eigenvalue weighted by Crippen LogP contribution is 2.29. The van der Waals surface area contributed by atoms with Crippen molar-refractivity contribution in [3.05, 3.63) is 58.6 Å². The molecule has 0 radical (unpaired) electrons. The summed E-state index contributed by atoms with van der Waals surface area (Å²) in [5.74, 6) is -0.938. The zero-order valence-electron chi connectivity index (χ0n) is 22.3. The van der Waals surface area contributed by atoms with Crippen molar-refractivity contribution in [1.29, 1.82) is 0 Å². The minimum atomic E-state index is -4.64. The molecule has 0 spiro atoms. The number of alkyl halides is 3. The summed E-state index contributed by atoms with van der Waals surface area (Å²) in [6, 6.07) is 6.55. The molecule has 41 heavy (non-hydrogen) atoms. The Balaban J connectivity index is 1.29. The van der Waals surface area contributed by atoms with E-state index in [4.69, 9.17) is 21.1 Å². The Hall–Kier alpha value is -3.10. The molecule has 14 heteroatoms. The molecule has 1 amide bonds. The minimum absolute atomic E-state index is 0.106. The summed E-state index contributed by atoms with van der Waals surface area (Å²) in [7, 11) is 0. The maximum Gasteiger partial charge on any atom is 0.451 e. The van der Waals surface area contributed by atoms with Crippen molar-refractivity contribution < 1.29 is 27.4 Å². The van der Waals surface area contributed by atoms with Crippen LogP contribution in [0.2, 0.25) is 5.02 Å². The molecule has 0 aliphatic carbocycles. The van der Waals surface area contributed by atoms with Gasteiger partial charge in [-0.2, -0.15) is 13.2 Å². The van der Waals surface area contributed by atoms with Gasteiger partial charge in [0, 0.05) is 69.2 Å². The predicted octanol–water partition coefficient (Wildman–Crippen LogP) is 3.24. The summed E-state index contributed by atoms with van der Waals surface area (Å²) < 4.78 is 49.8. The number of carbonyl (C=O) groups is 1. The van der Waals surface area contributed by atoms with Crippen LogP contribution in [0.5, 0.6) is 0 Å². The summed E-state index contributed by atoms with van der Waals surface area (Å²) in [5, 5.41) is 7.11. The Bertz CT molecular complexity index is 1330. The van der Waals surface area contributed by atoms with Crippen molar-refractivity contribution in [2.45, 2.75) is 12.2 Å². The van der Waals surface area contributed by atoms with Gasteiger partial charge in [-0.15, -0.1) is 0 Å². The molecule has 1 unspecified atom stereocenters. The first-order chi connectivity index (χ1) is 19.8. The van der Waals surface area contributed by atoms with Crippen LogP contribution in [0.3, 0.4) is 0 Å². The van der Waals surface area contributed by atoms with Gasteiger partial charge in [-0.1, -0.05) is 11.6 Å². The van der Waals surface area contributed by atoms with Gasteiger partial charge in [0.25, 0.3) is 5.91 Å². The molecule has 220 valence electrons. The SMILES string of the molecule is O=C(NCC(c1cnc(C(F)(F)F)nc1)N1CCOCC1)c1c(Cl)ccc2nc(NCCN3CCOCC3)ccc12. The van der Waals surface area contributed by atoms with Crippen molar-refractivity contribution in [3.63, 3.8) is 0 Å². The van der Waals surface area contributed by atoms with Crippen LogP contribution in [0.1, 0.15) is 27.8 Å². The lowest BCUT2D eigenvalue weighted by atomic mass is 10.1. The quantitative estimate of drug-likeness (QED) is 0.387. The Morgan fingerprint density at radius 1 is 1.00 bits per heavy atom. The van der Waals surface area contributed by atoms with Gasteiger partial charge < -0.3 is 20.1 Å². The van der Waals surface area contributed by atoms with Gasteiger partial charge >= 0.3 is 6.18 Å². The van der Waals surface area contributed by atoms with Crippen LogP contribution in [0, 0.1) is 0 Å². The second kappa shape index (κ2) is 13.3. The fourth-order valence-electron chi connectivity index (χ4n) is 4.95. The number of rotatable bonds is 9. The molecule has 1 aromatic carbocycles. The lowest BCUT2D eigenvalue weighted by Gasteiger charge is -2.34. The van der Waals surface area contributed by atoms with Gasteiger partial charge in [-0.05, 0) is 24.3 Å². The third kappa shape index (κ3) is 7.41. The van der Waals surface area contributed by atoms with E-state index in [0.29, 0.717) is 48.6 Å². The van der Waals surface area contributed by atoms with Gasteiger partial charge in [0.15, 0.2) is 0 Å². The average Bonchev–Trinajstić information content (AvgIpc) is 2.98. The lowest BCUT2D eigenvalue weighted by Crippen LogP contribution is -2.44. The van der Waals surface area contributed by atoms with Crippen LogP contribution in [0.4, 0.5) is 19.0 Å². The number of nitrogens with one attached hydrogen (secondary N) is 2. The van der Waals surface area contributed by atoms with Crippen molar-refractivity contribution in [2.24, 2.45) is 0 Å². The molecular weight excluding hydrogens is 563 g/mol. The van der Waals surface area contributed by atoms with Crippen molar-refractivity contribution in [1.82, 2.24) is 30.1 Å². The van der Waals surface area contributed by atoms with E-state index in [9.17, 15) is 18.0 Å². The largest absolute Gasteiger partial charge is 0.451 e. The maximum atomic E-state index is 13.4. The number of fused-ring (bicyclic) bond motifs is 1. The molecule has 5 rings (SSSR count). The van der Waals surface area contributed by atoms with E-state index in [2.05, 4.69) is 30.5 Å². The van der Waals surface area contributed by atoms with Crippen LogP contribution in [0.15, 0.2) is 36.7 Å². The Labute approximate surface area is 240 Å². The highest BCUT2D eigenvalue weighted by Gasteiger charge is 2.35. The monoisotopic (exact) mass is 593 g/mol. The van der Waals surface area contributed by atoms with Crippen LogP contribution in [-0.4, -0.2) is 103 Å². The summed E-state index contributed by atoms with van der Waals surface area (Å²) in [6.45, 7) is 7.01. The first-order valence-electron chi connectivity index (χ1n) is 13.4. The number of aromatic nitrogens is 3. The lowest BCUT2D eigenvalue weighted by molar-refractivity contribution is -0.145. The second-order valence-corrected chi connectivity index (χ2v) is 10.2. The topological polar surface area (TPSA) is 105 Å². The molecule has 2 N–H and O–H groups in total. The Morgan fingerprint density at radius 3 is 2.37 bits per heavy atom. The van der Waals surface area contributed by atoms with E-state index in [1.165, 1.54) is 0 Å². The van der Waals surface area contributed by atoms with Crippen LogP contribution >= 0.6 is 11.6 Å². The minimum Gasteiger partial charge on any atom is -0.379 e. The normalized spacial score (nSPS) is 17.9. The second-order valence-electron chi connectivity index (χ2n) is 9.78. The van der Waals surface area contributed by atoms with Crippen LogP contribution in [0.25, 0.3) is 10.9 Å². The highest BCUT2D eigenvalue weighted by atomic mass is 35.5. The van der Waals surface area contributed by atoms with E-state index in [1.807, 2.05) is 17.0 Å². The average molecular weight is 594 g/mol. The molecule has 2 fully saturated rings. The Kier molecular flexibility index (Phi) is 9.50. The zero-order chi connectivity index (χ0) is 28.8. The molecule has 2 aliphatic heterocycles. The molecule has 10 nitrogen and oxygen atoms in total. The number of ether oxygens (including phenoxy) is 2. The van der Waals surface area contributed by atoms with Gasteiger partial charge in [0.1, 0.15) is 5.82 Å². The Morgan fingerprint density at radius 2 is 1.68 bits per heavy atom. The number of benzene rings is 1. The number of carbonyl (C=O) groups excluding carboxylic acids is 1.